The Hall–Kier alpha value is -0.610. The third-order valence-corrected chi connectivity index (χ3v) is 7.89. The predicted octanol–water partition coefficient (Wildman–Crippen LogP) is -0.422. The molecule has 1 aliphatic heterocycles. The van der Waals surface area contributed by atoms with Crippen LogP contribution < -0.4 is 29.7 Å². The van der Waals surface area contributed by atoms with Gasteiger partial charge in [0, 0.05) is 0 Å². The van der Waals surface area contributed by atoms with E-state index >= 15 is 0 Å². The van der Waals surface area contributed by atoms with Crippen molar-refractivity contribution in [2.75, 3.05) is 0 Å². The molecule has 0 aliphatic carbocycles. The van der Waals surface area contributed by atoms with E-state index in [1.54, 1.807) is 18.2 Å². The van der Waals surface area contributed by atoms with Gasteiger partial charge >= 0.3 is 141 Å². The van der Waals surface area contributed by atoms with Crippen molar-refractivity contribution in [2.24, 2.45) is 0 Å². The molecule has 0 saturated carbocycles. The van der Waals surface area contributed by atoms with E-state index in [0.29, 0.717) is 11.1 Å². The molecule has 2 atom stereocenters. The van der Waals surface area contributed by atoms with E-state index in [4.69, 9.17) is 4.74 Å². The van der Waals surface area contributed by atoms with Gasteiger partial charge in [-0.25, -0.2) is 0 Å². The van der Waals surface area contributed by atoms with E-state index in [9.17, 15) is 9.90 Å². The number of alkyl halides is 2. The summed E-state index contributed by atoms with van der Waals surface area (Å²) < 4.78 is 8.49. The number of benzene rings is 2. The van der Waals surface area contributed by atoms with Crippen LogP contribution in [0.1, 0.15) is 6.92 Å². The van der Waals surface area contributed by atoms with Gasteiger partial charge in [-0.15, -0.1) is 0 Å². The molecule has 2 unspecified atom stereocenters. The maximum absolute atomic E-state index is 12.3. The normalized spacial score (nSPS) is 20.8. The van der Waals surface area contributed by atoms with Crippen LogP contribution in [-0.2, 0) is 4.79 Å². The molecule has 6 heteroatoms. The van der Waals surface area contributed by atoms with E-state index in [-0.39, 0.29) is 37.2 Å². The maximum atomic E-state index is 12.3. The Morgan fingerprint density at radius 3 is 2.70 bits per heavy atom. The fraction of sp³-hybridized carbons (Fsp3) is 0.214. The van der Waals surface area contributed by atoms with E-state index in [1.807, 2.05) is 25.1 Å². The number of ether oxygens (including phenoxy) is 1. The zero-order chi connectivity index (χ0) is 14.3. The van der Waals surface area contributed by atoms with Crippen molar-refractivity contribution < 1.29 is 36.1 Å². The van der Waals surface area contributed by atoms with Gasteiger partial charge in [-0.05, 0) is 0 Å². The fourth-order valence-corrected chi connectivity index (χ4v) is 5.20. The van der Waals surface area contributed by atoms with Gasteiger partial charge in [0.05, 0.1) is 0 Å². The summed E-state index contributed by atoms with van der Waals surface area (Å²) in [5, 5.41) is 11.4. The van der Waals surface area contributed by atoms with Crippen LogP contribution in [0.15, 0.2) is 36.4 Å². The summed E-state index contributed by atoms with van der Waals surface area (Å²) in [7, 11) is 0. The molecule has 1 heterocycles. The Morgan fingerprint density at radius 1 is 1.40 bits per heavy atom. The van der Waals surface area contributed by atoms with Gasteiger partial charge in [0.25, 0.3) is 0 Å². The third-order valence-electron chi connectivity index (χ3n) is 3.14. The van der Waals surface area contributed by atoms with Crippen LogP contribution in [0.2, 0.25) is 0 Å². The number of esters is 1. The number of carbonyl (C=O) groups excluding carboxylic acids is 1. The van der Waals surface area contributed by atoms with Crippen LogP contribution in [0.3, 0.4) is 0 Å². The van der Waals surface area contributed by atoms with E-state index in [1.165, 1.54) is 0 Å². The number of halogens is 2. The molecule has 0 radical (unpaired) electrons. The first-order chi connectivity index (χ1) is 9.50. The molecule has 3 rings (SSSR count). The van der Waals surface area contributed by atoms with Crippen molar-refractivity contribution in [3.63, 3.8) is 0 Å². The van der Waals surface area contributed by atoms with Crippen LogP contribution in [0.5, 0.6) is 11.5 Å². The number of carbonyl (C=O) groups is 1. The van der Waals surface area contributed by atoms with Crippen molar-refractivity contribution in [1.82, 2.24) is 3.53 Å². The molecule has 20 heavy (non-hydrogen) atoms. The van der Waals surface area contributed by atoms with E-state index in [0.717, 1.165) is 5.39 Å². The predicted molar refractivity (Wildman–Crippen MR) is 80.6 cm³/mol. The van der Waals surface area contributed by atoms with E-state index < -0.39 is 3.42 Å². The first-order valence-corrected chi connectivity index (χ1v) is 9.40. The molecule has 1 saturated heterocycles. The topological polar surface area (TPSA) is 68.5 Å². The molecule has 0 spiro atoms. The number of rotatable bonds is 3. The zero-order valence-electron chi connectivity index (χ0n) is 10.6. The minimum absolute atomic E-state index is 0.0748. The Labute approximate surface area is 140 Å². The summed E-state index contributed by atoms with van der Waals surface area (Å²) in [4.78, 5) is 12.3. The van der Waals surface area contributed by atoms with Crippen LogP contribution in [0.25, 0.3) is 10.8 Å². The number of nitrogens with one attached hydrogen (secondary N) is 1. The average Bonchev–Trinajstić information content (AvgIpc) is 3.23. The van der Waals surface area contributed by atoms with Gasteiger partial charge in [0.15, 0.2) is 0 Å². The molecular formula is C14H12I2NO3-. The molecule has 0 bridgehead atoms. The van der Waals surface area contributed by atoms with Crippen molar-refractivity contribution >= 4 is 39.3 Å². The molecule has 2 aromatic carbocycles. The second-order valence-electron chi connectivity index (χ2n) is 4.68. The van der Waals surface area contributed by atoms with Crippen molar-refractivity contribution in [2.45, 2.75) is 14.4 Å². The Balaban J connectivity index is 1.97. The van der Waals surface area contributed by atoms with Crippen LogP contribution in [0, 0.1) is 0 Å². The molecule has 2 aromatic rings. The molecule has 1 aliphatic rings. The second-order valence-corrected chi connectivity index (χ2v) is 9.41. The fourth-order valence-electron chi connectivity index (χ4n) is 1.91. The van der Waals surface area contributed by atoms with Gasteiger partial charge in [-0.2, -0.15) is 0 Å². The zero-order valence-corrected chi connectivity index (χ0v) is 14.9. The van der Waals surface area contributed by atoms with Crippen LogP contribution >= 0.6 is 22.6 Å². The summed E-state index contributed by atoms with van der Waals surface area (Å²) in [6.07, 6.45) is 0. The summed E-state index contributed by atoms with van der Waals surface area (Å²) in [6.45, 7) is 1.88. The number of hydrogen-bond donors (Lipinski definition) is 2. The van der Waals surface area contributed by atoms with Gasteiger partial charge in [-0.1, -0.05) is 0 Å². The third kappa shape index (κ3) is 2.60. The number of phenols is 1. The molecule has 0 amide bonds. The van der Waals surface area contributed by atoms with Crippen LogP contribution in [0.4, 0.5) is 0 Å². The Kier molecular flexibility index (Phi) is 3.80. The standard InChI is InChI=1S/C14H12I2NO3/c1-14(15,12-16-17-12)13(19)20-10-7-3-5-8-4-2-6-9(18)11(8)10/h2-7,12,17-18H,1H3/q-1. The summed E-state index contributed by atoms with van der Waals surface area (Å²) in [5.74, 6) is 0.258. The van der Waals surface area contributed by atoms with Crippen molar-refractivity contribution in [3.05, 3.63) is 36.4 Å². The second kappa shape index (κ2) is 5.30. The van der Waals surface area contributed by atoms with Gasteiger partial charge in [-0.3, -0.25) is 0 Å². The number of fused-ring (bicyclic) bond motifs is 1. The van der Waals surface area contributed by atoms with E-state index in [2.05, 4.69) is 26.1 Å². The summed E-state index contributed by atoms with van der Waals surface area (Å²) in [6, 6.07) is 10.6. The first-order valence-electron chi connectivity index (χ1n) is 6.00. The first kappa shape index (κ1) is 14.3. The number of phenolic OH excluding ortho intramolecular Hbond substituents is 1. The average molecular weight is 496 g/mol. The molecule has 4 nitrogen and oxygen atoms in total. The minimum atomic E-state index is -0.558. The summed E-state index contributed by atoms with van der Waals surface area (Å²) >= 11 is 2.07. The monoisotopic (exact) mass is 496 g/mol. The molecule has 106 valence electrons. The Morgan fingerprint density at radius 2 is 2.05 bits per heavy atom. The molecular weight excluding hydrogens is 484 g/mol. The van der Waals surface area contributed by atoms with Crippen molar-refractivity contribution in [3.8, 4) is 11.5 Å². The number of aromatic hydroxyl groups is 1. The van der Waals surface area contributed by atoms with Gasteiger partial charge in [0.1, 0.15) is 0 Å². The summed E-state index contributed by atoms with van der Waals surface area (Å²) in [5.41, 5.74) is 0. The molecule has 1 fully saturated rings. The van der Waals surface area contributed by atoms with Gasteiger partial charge in [0.2, 0.25) is 0 Å². The van der Waals surface area contributed by atoms with Crippen LogP contribution in [-0.4, -0.2) is 18.5 Å². The quantitative estimate of drug-likeness (QED) is 0.115. The SMILES string of the molecule is CC(I)(C(=O)Oc1cccc2cccc(O)c12)C1N[I-]1. The van der Waals surface area contributed by atoms with Crippen molar-refractivity contribution in [1.29, 1.82) is 0 Å². The van der Waals surface area contributed by atoms with Gasteiger partial charge < -0.3 is 0 Å². The molecule has 0 aromatic heterocycles. The molecule has 2 N–H and O–H groups in total. The Bertz CT molecular complexity index is 678. The number of hydrogen-bond acceptors (Lipinski definition) is 4.